The maximum atomic E-state index is 13.8. The summed E-state index contributed by atoms with van der Waals surface area (Å²) in [5.41, 5.74) is 0.979. The van der Waals surface area contributed by atoms with Crippen molar-refractivity contribution in [2.75, 3.05) is 7.11 Å². The summed E-state index contributed by atoms with van der Waals surface area (Å²) in [7, 11) is 1.63. The molecule has 0 spiro atoms. The van der Waals surface area contributed by atoms with Crippen LogP contribution in [0.5, 0.6) is 5.75 Å². The highest BCUT2D eigenvalue weighted by Crippen LogP contribution is 2.69. The molecule has 2 amide bonds. The maximum absolute atomic E-state index is 13.8. The molecule has 0 radical (unpaired) electrons. The summed E-state index contributed by atoms with van der Waals surface area (Å²) < 4.78 is 5.70. The number of thiazole rings is 1. The Kier molecular flexibility index (Phi) is 5.60. The van der Waals surface area contributed by atoms with E-state index in [2.05, 4.69) is 4.98 Å². The van der Waals surface area contributed by atoms with Crippen molar-refractivity contribution in [1.29, 1.82) is 0 Å². The average Bonchev–Trinajstić information content (AvgIpc) is 3.56. The Balaban J connectivity index is 1.44. The minimum Gasteiger partial charge on any atom is -0.496 e. The Labute approximate surface area is 216 Å². The lowest BCUT2D eigenvalue weighted by Crippen LogP contribution is -2.47. The number of benzene rings is 1. The average molecular weight is 529 g/mol. The summed E-state index contributed by atoms with van der Waals surface area (Å²) in [6, 6.07) is 6.66. The predicted octanol–water partition coefficient (Wildman–Crippen LogP) is 3.42. The molecule has 2 bridgehead atoms. The summed E-state index contributed by atoms with van der Waals surface area (Å²) in [4.78, 5) is 56.8. The van der Waals surface area contributed by atoms with Gasteiger partial charge < -0.3 is 14.8 Å². The van der Waals surface area contributed by atoms with E-state index in [4.69, 9.17) is 4.74 Å². The first-order chi connectivity index (χ1) is 17.2. The number of carbonyl (C=O) groups is 3. The Morgan fingerprint density at radius 1 is 1.17 bits per heavy atom. The molecule has 1 aromatic carbocycles. The second-order valence-electron chi connectivity index (χ2n) is 10.7. The molecule has 10 heteroatoms. The number of likely N-dealkylation sites (tertiary alicyclic amines) is 1. The molecule has 2 aliphatic heterocycles. The number of aliphatic carboxylic acids is 1. The molecule has 6 rings (SSSR count). The van der Waals surface area contributed by atoms with Gasteiger partial charge in [0, 0.05) is 21.6 Å². The number of amides is 2. The fourth-order valence-electron chi connectivity index (χ4n) is 7.38. The Morgan fingerprint density at radius 2 is 1.86 bits per heavy atom. The van der Waals surface area contributed by atoms with Gasteiger partial charge in [0.05, 0.1) is 24.0 Å². The number of nitrogens with one attached hydrogen (secondary N) is 1. The first-order valence-electron chi connectivity index (χ1n) is 12.3. The topological polar surface area (TPSA) is 117 Å². The van der Waals surface area contributed by atoms with Crippen molar-refractivity contribution in [3.63, 3.8) is 0 Å². The molecular formula is C26H28N2O6S2. The fraction of sp³-hybridized carbons (Fsp3) is 0.538. The van der Waals surface area contributed by atoms with Gasteiger partial charge in [0.2, 0.25) is 11.8 Å². The number of H-pyrrole nitrogens is 1. The van der Waals surface area contributed by atoms with Crippen LogP contribution in [0.1, 0.15) is 43.0 Å². The van der Waals surface area contributed by atoms with E-state index in [1.54, 1.807) is 18.9 Å². The summed E-state index contributed by atoms with van der Waals surface area (Å²) in [6.45, 7) is 3.79. The van der Waals surface area contributed by atoms with Crippen LogP contribution < -0.4 is 9.61 Å². The number of imide groups is 1. The summed E-state index contributed by atoms with van der Waals surface area (Å²) >= 11 is 2.82. The molecular weight excluding hydrogens is 500 g/mol. The molecule has 190 valence electrons. The second-order valence-corrected chi connectivity index (χ2v) is 12.9. The molecule has 2 aromatic rings. The van der Waals surface area contributed by atoms with E-state index >= 15 is 0 Å². The number of carboxylic acid groups (broad SMARTS) is 1. The highest BCUT2D eigenvalue weighted by atomic mass is 32.2. The van der Waals surface area contributed by atoms with Crippen molar-refractivity contribution in [3.05, 3.63) is 44.4 Å². The van der Waals surface area contributed by atoms with Crippen molar-refractivity contribution in [2.24, 2.45) is 35.5 Å². The molecule has 2 N–H and O–H groups in total. The molecule has 1 saturated heterocycles. The van der Waals surface area contributed by atoms with Gasteiger partial charge >= 0.3 is 10.8 Å². The molecule has 3 fully saturated rings. The number of methoxy groups -OCH3 is 1. The number of thioether (sulfide) groups is 1. The highest BCUT2D eigenvalue weighted by Gasteiger charge is 2.70. The van der Waals surface area contributed by atoms with Gasteiger partial charge in [-0.15, -0.1) is 11.8 Å². The van der Waals surface area contributed by atoms with Crippen molar-refractivity contribution >= 4 is 40.9 Å². The minimum absolute atomic E-state index is 0.0322. The summed E-state index contributed by atoms with van der Waals surface area (Å²) in [5.74, 6) is -2.22. The van der Waals surface area contributed by atoms with Gasteiger partial charge in [-0.2, -0.15) is 0 Å². The SMILES string of the molecule is COc1ccccc1[C@@H]1c2sc(=O)[nH]c2S[C@@H]2[C@H]3C[C@@H]([C@@H]4C(=O)N([C@H](CC(C)C)C(=O)O)C(=O)[C@@H]34)[C@@H]12. The number of carboxylic acids is 1. The monoisotopic (exact) mass is 528 g/mol. The number of hydrogen-bond donors (Lipinski definition) is 2. The Morgan fingerprint density at radius 3 is 2.53 bits per heavy atom. The lowest BCUT2D eigenvalue weighted by atomic mass is 9.68. The third-order valence-electron chi connectivity index (χ3n) is 8.52. The molecule has 2 aliphatic carbocycles. The molecule has 0 unspecified atom stereocenters. The number of rotatable bonds is 6. The number of aromatic amines is 1. The van der Waals surface area contributed by atoms with E-state index in [9.17, 15) is 24.3 Å². The van der Waals surface area contributed by atoms with E-state index in [1.165, 1.54) is 11.3 Å². The standard InChI is InChI=1S/C26H28N2O6S2/c1-10(2)8-14(25(31)32)28-23(29)18-12-9-13(19(18)24(28)30)20-17(12)16(11-6-4-5-7-15(11)34-3)21-22(35-20)27-26(33)36-21/h4-7,10,12-14,16-20H,8-9H2,1-3H3,(H,27,33)(H,31,32)/t12-,13+,14-,16+,17+,18+,19+,20-/m1/s1. The van der Waals surface area contributed by atoms with E-state index in [1.807, 2.05) is 38.1 Å². The number of aromatic nitrogens is 1. The van der Waals surface area contributed by atoms with Crippen LogP contribution in [0.4, 0.5) is 0 Å². The molecule has 1 aromatic heterocycles. The van der Waals surface area contributed by atoms with E-state index in [0.717, 1.165) is 32.5 Å². The van der Waals surface area contributed by atoms with Crippen molar-refractivity contribution < 1.29 is 24.2 Å². The van der Waals surface area contributed by atoms with Gasteiger partial charge in [0.15, 0.2) is 0 Å². The van der Waals surface area contributed by atoms with Gasteiger partial charge in [0.25, 0.3) is 0 Å². The van der Waals surface area contributed by atoms with Crippen molar-refractivity contribution in [1.82, 2.24) is 9.88 Å². The van der Waals surface area contributed by atoms with Gasteiger partial charge in [-0.1, -0.05) is 43.4 Å². The molecule has 4 aliphatic rings. The van der Waals surface area contributed by atoms with Crippen LogP contribution in [-0.4, -0.2) is 51.2 Å². The molecule has 8 atom stereocenters. The van der Waals surface area contributed by atoms with Crippen LogP contribution in [-0.2, 0) is 14.4 Å². The molecule has 8 nitrogen and oxygen atoms in total. The first kappa shape index (κ1) is 23.8. The van der Waals surface area contributed by atoms with E-state index in [0.29, 0.717) is 0 Å². The summed E-state index contributed by atoms with van der Waals surface area (Å²) in [5, 5.41) is 10.8. The van der Waals surface area contributed by atoms with Crippen LogP contribution in [0.3, 0.4) is 0 Å². The van der Waals surface area contributed by atoms with Crippen LogP contribution in [0.15, 0.2) is 34.1 Å². The number of carbonyl (C=O) groups excluding carboxylic acids is 2. The Hall–Kier alpha value is -2.59. The fourth-order valence-corrected chi connectivity index (χ4v) is 10.3. The molecule has 3 heterocycles. The largest absolute Gasteiger partial charge is 0.496 e. The number of para-hydroxylation sites is 1. The molecule has 2 saturated carbocycles. The lowest BCUT2D eigenvalue weighted by Gasteiger charge is -2.43. The zero-order valence-corrected chi connectivity index (χ0v) is 21.8. The number of nitrogens with zero attached hydrogens (tertiary/aromatic N) is 1. The van der Waals surface area contributed by atoms with Crippen LogP contribution in [0.25, 0.3) is 0 Å². The van der Waals surface area contributed by atoms with Crippen molar-refractivity contribution in [2.45, 2.75) is 48.9 Å². The van der Waals surface area contributed by atoms with E-state index < -0.39 is 23.8 Å². The summed E-state index contributed by atoms with van der Waals surface area (Å²) in [6.07, 6.45) is 1.00. The number of fused-ring (bicyclic) bond motifs is 9. The highest BCUT2D eigenvalue weighted by molar-refractivity contribution is 8.00. The van der Waals surface area contributed by atoms with Crippen LogP contribution in [0, 0.1) is 35.5 Å². The number of ether oxygens (including phenoxy) is 1. The van der Waals surface area contributed by atoms with Crippen molar-refractivity contribution in [3.8, 4) is 5.75 Å². The Bertz CT molecular complexity index is 1320. The zero-order valence-electron chi connectivity index (χ0n) is 20.2. The van der Waals surface area contributed by atoms with Crippen LogP contribution >= 0.6 is 23.1 Å². The predicted molar refractivity (Wildman–Crippen MR) is 134 cm³/mol. The smallest absolute Gasteiger partial charge is 0.326 e. The van der Waals surface area contributed by atoms with Gasteiger partial charge in [0.1, 0.15) is 11.8 Å². The normalized spacial score (nSPS) is 33.0. The number of hydrogen-bond acceptors (Lipinski definition) is 7. The lowest BCUT2D eigenvalue weighted by molar-refractivity contribution is -0.156. The maximum Gasteiger partial charge on any atom is 0.326 e. The van der Waals surface area contributed by atoms with Crippen LogP contribution in [0.2, 0.25) is 0 Å². The second kappa shape index (κ2) is 8.48. The van der Waals surface area contributed by atoms with Gasteiger partial charge in [-0.3, -0.25) is 19.3 Å². The zero-order chi connectivity index (χ0) is 25.5. The molecule has 36 heavy (non-hydrogen) atoms. The van der Waals surface area contributed by atoms with Gasteiger partial charge in [-0.05, 0) is 42.6 Å². The minimum atomic E-state index is -1.13. The van der Waals surface area contributed by atoms with Gasteiger partial charge in [-0.25, -0.2) is 4.79 Å². The van der Waals surface area contributed by atoms with E-state index in [-0.39, 0.29) is 57.9 Å². The first-order valence-corrected chi connectivity index (χ1v) is 14.0. The third-order valence-corrected chi connectivity index (χ3v) is 11.1. The third kappa shape index (κ3) is 3.26. The quantitative estimate of drug-likeness (QED) is 0.552.